The number of rotatable bonds is 3. The van der Waals surface area contributed by atoms with E-state index in [1.54, 1.807) is 24.5 Å². The predicted molar refractivity (Wildman–Crippen MR) is 85.2 cm³/mol. The van der Waals surface area contributed by atoms with Crippen molar-refractivity contribution < 1.29 is 4.79 Å². The van der Waals surface area contributed by atoms with Gasteiger partial charge in [-0.15, -0.1) is 0 Å². The first kappa shape index (κ1) is 14.3. The Kier molecular flexibility index (Phi) is 4.14. The van der Waals surface area contributed by atoms with Crippen LogP contribution in [0.3, 0.4) is 0 Å². The van der Waals surface area contributed by atoms with Gasteiger partial charge in [0.1, 0.15) is 5.84 Å². The van der Waals surface area contributed by atoms with Gasteiger partial charge in [0.15, 0.2) is 0 Å². The molecule has 0 radical (unpaired) electrons. The van der Waals surface area contributed by atoms with Gasteiger partial charge in [0.05, 0.1) is 12.6 Å². The average molecular weight is 294 g/mol. The van der Waals surface area contributed by atoms with Crippen molar-refractivity contribution in [2.75, 3.05) is 0 Å². The highest BCUT2D eigenvalue weighted by atomic mass is 16.1. The molecule has 1 aliphatic heterocycles. The lowest BCUT2D eigenvalue weighted by molar-refractivity contribution is 0.0976. The van der Waals surface area contributed by atoms with Crippen molar-refractivity contribution in [3.05, 3.63) is 66.0 Å². The number of pyridine rings is 1. The number of benzene rings is 1. The van der Waals surface area contributed by atoms with Crippen molar-refractivity contribution in [3.63, 3.8) is 0 Å². The van der Waals surface area contributed by atoms with Gasteiger partial charge in [0.2, 0.25) is 0 Å². The highest BCUT2D eigenvalue weighted by Gasteiger charge is 2.24. The first-order valence-electron chi connectivity index (χ1n) is 7.32. The van der Waals surface area contributed by atoms with E-state index in [9.17, 15) is 4.79 Å². The lowest BCUT2D eigenvalue weighted by Gasteiger charge is -2.19. The van der Waals surface area contributed by atoms with Crippen molar-refractivity contribution in [1.82, 2.24) is 15.3 Å². The summed E-state index contributed by atoms with van der Waals surface area (Å²) in [6, 6.07) is 13.9. The SMILES string of the molecule is C[C@H]1CC(NC(=O)c2ccncc2)=NN1Cc1ccccc1. The summed E-state index contributed by atoms with van der Waals surface area (Å²) in [5.41, 5.74) is 1.80. The fraction of sp³-hybridized carbons (Fsp3) is 0.235. The maximum absolute atomic E-state index is 12.1. The van der Waals surface area contributed by atoms with E-state index in [0.29, 0.717) is 11.4 Å². The second-order valence-electron chi connectivity index (χ2n) is 5.37. The van der Waals surface area contributed by atoms with Crippen LogP contribution in [0.25, 0.3) is 0 Å². The predicted octanol–water partition coefficient (Wildman–Crippen LogP) is 2.42. The molecular weight excluding hydrogens is 276 g/mol. The van der Waals surface area contributed by atoms with Gasteiger partial charge in [-0.25, -0.2) is 0 Å². The molecular formula is C17H18N4O. The summed E-state index contributed by atoms with van der Waals surface area (Å²) in [6.07, 6.45) is 3.95. The van der Waals surface area contributed by atoms with E-state index in [0.717, 1.165) is 13.0 Å². The Morgan fingerprint density at radius 1 is 1.23 bits per heavy atom. The molecule has 1 atom stereocenters. The number of nitrogens with zero attached hydrogens (tertiary/aromatic N) is 3. The van der Waals surface area contributed by atoms with Crippen LogP contribution >= 0.6 is 0 Å². The van der Waals surface area contributed by atoms with E-state index in [4.69, 9.17) is 0 Å². The summed E-state index contributed by atoms with van der Waals surface area (Å²) in [7, 11) is 0. The largest absolute Gasteiger partial charge is 0.309 e. The molecule has 22 heavy (non-hydrogen) atoms. The highest BCUT2D eigenvalue weighted by Crippen LogP contribution is 2.17. The number of hydrazone groups is 1. The van der Waals surface area contributed by atoms with Crippen LogP contribution in [0.5, 0.6) is 0 Å². The Labute approximate surface area is 129 Å². The molecule has 2 aromatic rings. The van der Waals surface area contributed by atoms with Crippen molar-refractivity contribution in [2.45, 2.75) is 25.9 Å². The summed E-state index contributed by atoms with van der Waals surface area (Å²) in [6.45, 7) is 2.86. The number of aromatic nitrogens is 1. The Morgan fingerprint density at radius 3 is 2.68 bits per heavy atom. The normalized spacial score (nSPS) is 17.2. The van der Waals surface area contributed by atoms with Gasteiger partial charge < -0.3 is 5.32 Å². The Hall–Kier alpha value is -2.69. The number of hydrogen-bond acceptors (Lipinski definition) is 4. The van der Waals surface area contributed by atoms with Crippen LogP contribution in [-0.4, -0.2) is 27.8 Å². The molecule has 112 valence electrons. The lowest BCUT2D eigenvalue weighted by Crippen LogP contribution is -2.30. The summed E-state index contributed by atoms with van der Waals surface area (Å²) in [4.78, 5) is 16.0. The summed E-state index contributed by atoms with van der Waals surface area (Å²) in [5, 5.41) is 9.43. The maximum atomic E-state index is 12.1. The number of carbonyl (C=O) groups excluding carboxylic acids is 1. The van der Waals surface area contributed by atoms with Crippen molar-refractivity contribution in [3.8, 4) is 0 Å². The standard InChI is InChI=1S/C17H18N4O/c1-13-11-16(19-17(22)15-7-9-18-10-8-15)20-21(13)12-14-5-3-2-4-6-14/h2-10,13H,11-12H2,1H3,(H,19,20,22)/t13-/m0/s1. The van der Waals surface area contributed by atoms with Gasteiger partial charge in [-0.2, -0.15) is 5.10 Å². The topological polar surface area (TPSA) is 57.6 Å². The van der Waals surface area contributed by atoms with Crippen LogP contribution in [0.4, 0.5) is 0 Å². The van der Waals surface area contributed by atoms with Crippen LogP contribution in [-0.2, 0) is 6.54 Å². The third-order valence-electron chi connectivity index (χ3n) is 3.63. The molecule has 0 bridgehead atoms. The minimum absolute atomic E-state index is 0.144. The molecule has 2 heterocycles. The molecule has 1 aromatic heterocycles. The molecule has 1 amide bonds. The molecule has 5 heteroatoms. The van der Waals surface area contributed by atoms with E-state index in [-0.39, 0.29) is 11.9 Å². The third kappa shape index (κ3) is 3.31. The van der Waals surface area contributed by atoms with Crippen LogP contribution in [0.1, 0.15) is 29.3 Å². The summed E-state index contributed by atoms with van der Waals surface area (Å²) >= 11 is 0. The maximum Gasteiger partial charge on any atom is 0.256 e. The van der Waals surface area contributed by atoms with E-state index >= 15 is 0 Å². The van der Waals surface area contributed by atoms with Crippen LogP contribution in [0.15, 0.2) is 60.0 Å². The summed E-state index contributed by atoms with van der Waals surface area (Å²) < 4.78 is 0. The zero-order chi connectivity index (χ0) is 15.4. The minimum atomic E-state index is -0.144. The van der Waals surface area contributed by atoms with E-state index in [1.807, 2.05) is 23.2 Å². The number of amides is 1. The Morgan fingerprint density at radius 2 is 1.95 bits per heavy atom. The molecule has 0 aliphatic carbocycles. The number of amidine groups is 1. The number of carbonyl (C=O) groups is 1. The monoisotopic (exact) mass is 294 g/mol. The first-order valence-corrected chi connectivity index (χ1v) is 7.32. The van der Waals surface area contributed by atoms with Crippen LogP contribution in [0, 0.1) is 0 Å². The molecule has 0 saturated heterocycles. The molecule has 5 nitrogen and oxygen atoms in total. The van der Waals surface area contributed by atoms with Gasteiger partial charge in [0.25, 0.3) is 5.91 Å². The van der Waals surface area contributed by atoms with Crippen molar-refractivity contribution in [1.29, 1.82) is 0 Å². The molecule has 3 rings (SSSR count). The second-order valence-corrected chi connectivity index (χ2v) is 5.37. The Balaban J connectivity index is 1.65. The minimum Gasteiger partial charge on any atom is -0.309 e. The number of nitrogens with one attached hydrogen (secondary N) is 1. The average Bonchev–Trinajstić information content (AvgIpc) is 2.88. The van der Waals surface area contributed by atoms with E-state index in [1.165, 1.54) is 5.56 Å². The zero-order valence-electron chi connectivity index (χ0n) is 12.4. The second kappa shape index (κ2) is 6.39. The van der Waals surface area contributed by atoms with Gasteiger partial charge in [-0.05, 0) is 24.6 Å². The smallest absolute Gasteiger partial charge is 0.256 e. The highest BCUT2D eigenvalue weighted by molar-refractivity contribution is 6.06. The molecule has 1 aromatic carbocycles. The number of hydrogen-bond donors (Lipinski definition) is 1. The van der Waals surface area contributed by atoms with E-state index in [2.05, 4.69) is 34.5 Å². The van der Waals surface area contributed by atoms with Crippen LogP contribution < -0.4 is 5.32 Å². The summed E-state index contributed by atoms with van der Waals surface area (Å²) in [5.74, 6) is 0.570. The van der Waals surface area contributed by atoms with Crippen molar-refractivity contribution in [2.24, 2.45) is 5.10 Å². The van der Waals surface area contributed by atoms with Crippen molar-refractivity contribution >= 4 is 11.7 Å². The fourth-order valence-corrected chi connectivity index (χ4v) is 2.42. The third-order valence-corrected chi connectivity index (χ3v) is 3.63. The first-order chi connectivity index (χ1) is 10.7. The molecule has 1 aliphatic rings. The molecule has 1 N–H and O–H groups in total. The fourth-order valence-electron chi connectivity index (χ4n) is 2.42. The van der Waals surface area contributed by atoms with Gasteiger partial charge >= 0.3 is 0 Å². The van der Waals surface area contributed by atoms with Gasteiger partial charge in [-0.1, -0.05) is 30.3 Å². The lowest BCUT2D eigenvalue weighted by atomic mass is 10.2. The van der Waals surface area contributed by atoms with Gasteiger partial charge in [0, 0.05) is 24.4 Å². The molecule has 0 unspecified atom stereocenters. The molecule has 0 spiro atoms. The van der Waals surface area contributed by atoms with Gasteiger partial charge in [-0.3, -0.25) is 14.8 Å². The van der Waals surface area contributed by atoms with Crippen LogP contribution in [0.2, 0.25) is 0 Å². The quantitative estimate of drug-likeness (QED) is 0.946. The zero-order valence-corrected chi connectivity index (χ0v) is 12.4. The molecule has 0 saturated carbocycles. The molecule has 0 fully saturated rings. The Bertz CT molecular complexity index is 670. The van der Waals surface area contributed by atoms with E-state index < -0.39 is 0 Å².